The van der Waals surface area contributed by atoms with Crippen LogP contribution in [0.2, 0.25) is 0 Å². The number of hydrogen-bond donors (Lipinski definition) is 1. The Labute approximate surface area is 87.6 Å². The number of likely N-dealkylation sites (tertiary alicyclic amines) is 1. The molecule has 0 aliphatic carbocycles. The molecule has 1 fully saturated rings. The molecule has 1 aliphatic rings. The van der Waals surface area contributed by atoms with Crippen LogP contribution in [0.4, 0.5) is 0 Å². The normalized spacial score (nSPS) is 26.4. The Hall–Kier alpha value is -0.120. The first-order chi connectivity index (χ1) is 6.77. The van der Waals surface area contributed by atoms with Crippen LogP contribution in [0, 0.1) is 0 Å². The Balaban J connectivity index is 2.37. The van der Waals surface area contributed by atoms with Crippen LogP contribution in [-0.4, -0.2) is 43.8 Å². The van der Waals surface area contributed by atoms with Gasteiger partial charge in [0.15, 0.2) is 0 Å². The summed E-state index contributed by atoms with van der Waals surface area (Å²) in [5, 5.41) is 0. The summed E-state index contributed by atoms with van der Waals surface area (Å²) in [6.45, 7) is 5.22. The molecule has 0 saturated carbocycles. The van der Waals surface area contributed by atoms with E-state index in [0.717, 1.165) is 19.5 Å². The Morgan fingerprint density at radius 3 is 2.93 bits per heavy atom. The van der Waals surface area contributed by atoms with Gasteiger partial charge in [0, 0.05) is 19.7 Å². The highest BCUT2D eigenvalue weighted by molar-refractivity contribution is 4.78. The van der Waals surface area contributed by atoms with Gasteiger partial charge in [-0.1, -0.05) is 6.42 Å². The molecule has 1 saturated heterocycles. The average molecular weight is 200 g/mol. The summed E-state index contributed by atoms with van der Waals surface area (Å²) in [6.07, 6.45) is 5.48. The Kier molecular flexibility index (Phi) is 5.45. The van der Waals surface area contributed by atoms with Crippen LogP contribution >= 0.6 is 0 Å². The maximum Gasteiger partial charge on any atom is 0.0670 e. The molecule has 1 rings (SSSR count). The SMILES string of the molecule is COC(C)CN1CCCCC1CCN. The van der Waals surface area contributed by atoms with Crippen molar-refractivity contribution in [2.45, 2.75) is 44.8 Å². The van der Waals surface area contributed by atoms with Gasteiger partial charge >= 0.3 is 0 Å². The highest BCUT2D eigenvalue weighted by Gasteiger charge is 2.22. The van der Waals surface area contributed by atoms with Gasteiger partial charge in [-0.3, -0.25) is 4.90 Å². The molecule has 2 atom stereocenters. The molecule has 2 unspecified atom stereocenters. The number of piperidine rings is 1. The number of rotatable bonds is 5. The monoisotopic (exact) mass is 200 g/mol. The minimum Gasteiger partial charge on any atom is -0.380 e. The summed E-state index contributed by atoms with van der Waals surface area (Å²) < 4.78 is 5.31. The molecule has 0 aromatic rings. The molecule has 2 N–H and O–H groups in total. The number of ether oxygens (including phenoxy) is 1. The first-order valence-corrected chi connectivity index (χ1v) is 5.74. The first-order valence-electron chi connectivity index (χ1n) is 5.74. The summed E-state index contributed by atoms with van der Waals surface area (Å²) in [5.41, 5.74) is 5.63. The lowest BCUT2D eigenvalue weighted by Gasteiger charge is -2.36. The van der Waals surface area contributed by atoms with E-state index in [2.05, 4.69) is 11.8 Å². The van der Waals surface area contributed by atoms with Crippen molar-refractivity contribution in [1.82, 2.24) is 4.90 Å². The molecule has 0 spiro atoms. The summed E-state index contributed by atoms with van der Waals surface area (Å²) in [7, 11) is 1.78. The summed E-state index contributed by atoms with van der Waals surface area (Å²) in [5.74, 6) is 0. The minimum atomic E-state index is 0.341. The van der Waals surface area contributed by atoms with Crippen molar-refractivity contribution < 1.29 is 4.74 Å². The molecule has 0 amide bonds. The number of methoxy groups -OCH3 is 1. The van der Waals surface area contributed by atoms with Crippen LogP contribution in [0.15, 0.2) is 0 Å². The van der Waals surface area contributed by atoms with Gasteiger partial charge < -0.3 is 10.5 Å². The van der Waals surface area contributed by atoms with Crippen molar-refractivity contribution in [3.8, 4) is 0 Å². The van der Waals surface area contributed by atoms with Gasteiger partial charge in [-0.2, -0.15) is 0 Å². The van der Waals surface area contributed by atoms with Crippen LogP contribution in [0.25, 0.3) is 0 Å². The largest absolute Gasteiger partial charge is 0.380 e. The molecule has 84 valence electrons. The third-order valence-electron chi connectivity index (χ3n) is 3.14. The lowest BCUT2D eigenvalue weighted by molar-refractivity contribution is 0.0447. The van der Waals surface area contributed by atoms with E-state index in [1.54, 1.807) is 7.11 Å². The van der Waals surface area contributed by atoms with Crippen LogP contribution in [0.1, 0.15) is 32.6 Å². The standard InChI is InChI=1S/C11H24N2O/c1-10(14-2)9-13-8-4-3-5-11(13)6-7-12/h10-11H,3-9,12H2,1-2H3. The van der Waals surface area contributed by atoms with Gasteiger partial charge in [0.2, 0.25) is 0 Å². The number of nitrogens with two attached hydrogens (primary N) is 1. The number of hydrogen-bond acceptors (Lipinski definition) is 3. The predicted molar refractivity (Wildman–Crippen MR) is 59.4 cm³/mol. The number of nitrogens with zero attached hydrogens (tertiary/aromatic N) is 1. The van der Waals surface area contributed by atoms with E-state index in [9.17, 15) is 0 Å². The van der Waals surface area contributed by atoms with Crippen LogP contribution in [-0.2, 0) is 4.74 Å². The Bertz CT molecular complexity index is 150. The second-order valence-corrected chi connectivity index (χ2v) is 4.27. The van der Waals surface area contributed by atoms with Gasteiger partial charge in [-0.05, 0) is 39.3 Å². The van der Waals surface area contributed by atoms with Gasteiger partial charge in [-0.15, -0.1) is 0 Å². The highest BCUT2D eigenvalue weighted by Crippen LogP contribution is 2.19. The molecule has 0 radical (unpaired) electrons. The van der Waals surface area contributed by atoms with Crippen molar-refractivity contribution in [2.24, 2.45) is 5.73 Å². The smallest absolute Gasteiger partial charge is 0.0670 e. The third-order valence-corrected chi connectivity index (χ3v) is 3.14. The zero-order chi connectivity index (χ0) is 10.4. The van der Waals surface area contributed by atoms with Crippen molar-refractivity contribution in [1.29, 1.82) is 0 Å². The van der Waals surface area contributed by atoms with E-state index in [1.165, 1.54) is 25.8 Å². The van der Waals surface area contributed by atoms with Crippen molar-refractivity contribution in [3.05, 3.63) is 0 Å². The zero-order valence-corrected chi connectivity index (χ0v) is 9.54. The second-order valence-electron chi connectivity index (χ2n) is 4.27. The van der Waals surface area contributed by atoms with E-state index < -0.39 is 0 Å². The van der Waals surface area contributed by atoms with Crippen molar-refractivity contribution >= 4 is 0 Å². The third kappa shape index (κ3) is 3.56. The highest BCUT2D eigenvalue weighted by atomic mass is 16.5. The quantitative estimate of drug-likeness (QED) is 0.725. The lowest BCUT2D eigenvalue weighted by Crippen LogP contribution is -2.44. The zero-order valence-electron chi connectivity index (χ0n) is 9.54. The lowest BCUT2D eigenvalue weighted by atomic mass is 9.99. The van der Waals surface area contributed by atoms with Gasteiger partial charge in [0.25, 0.3) is 0 Å². The molecule has 14 heavy (non-hydrogen) atoms. The predicted octanol–water partition coefficient (Wildman–Crippen LogP) is 1.22. The maximum absolute atomic E-state index is 5.63. The fourth-order valence-electron chi connectivity index (χ4n) is 2.22. The summed E-state index contributed by atoms with van der Waals surface area (Å²) in [6, 6.07) is 0.700. The van der Waals surface area contributed by atoms with E-state index in [0.29, 0.717) is 12.1 Å². The van der Waals surface area contributed by atoms with Crippen molar-refractivity contribution in [3.63, 3.8) is 0 Å². The summed E-state index contributed by atoms with van der Waals surface area (Å²) in [4.78, 5) is 2.55. The van der Waals surface area contributed by atoms with Crippen molar-refractivity contribution in [2.75, 3.05) is 26.7 Å². The summed E-state index contributed by atoms with van der Waals surface area (Å²) >= 11 is 0. The fraction of sp³-hybridized carbons (Fsp3) is 1.00. The van der Waals surface area contributed by atoms with E-state index >= 15 is 0 Å². The molecule has 3 heteroatoms. The molecule has 1 aliphatic heterocycles. The van der Waals surface area contributed by atoms with Gasteiger partial charge in [0.1, 0.15) is 0 Å². The molecule has 0 aromatic carbocycles. The van der Waals surface area contributed by atoms with Crippen LogP contribution in [0.3, 0.4) is 0 Å². The molecule has 1 heterocycles. The molecule has 0 bridgehead atoms. The topological polar surface area (TPSA) is 38.5 Å². The molecule has 0 aromatic heterocycles. The van der Waals surface area contributed by atoms with Gasteiger partial charge in [-0.25, -0.2) is 0 Å². The van der Waals surface area contributed by atoms with Gasteiger partial charge in [0.05, 0.1) is 6.10 Å². The average Bonchev–Trinajstić information content (AvgIpc) is 2.21. The Morgan fingerprint density at radius 1 is 1.50 bits per heavy atom. The minimum absolute atomic E-state index is 0.341. The van der Waals surface area contributed by atoms with E-state index in [4.69, 9.17) is 10.5 Å². The van der Waals surface area contributed by atoms with E-state index in [1.807, 2.05) is 0 Å². The second kappa shape index (κ2) is 6.38. The molecular weight excluding hydrogens is 176 g/mol. The van der Waals surface area contributed by atoms with Crippen LogP contribution < -0.4 is 5.73 Å². The molecule has 3 nitrogen and oxygen atoms in total. The fourth-order valence-corrected chi connectivity index (χ4v) is 2.22. The van der Waals surface area contributed by atoms with Crippen LogP contribution in [0.5, 0.6) is 0 Å². The maximum atomic E-state index is 5.63. The van der Waals surface area contributed by atoms with E-state index in [-0.39, 0.29) is 0 Å². The Morgan fingerprint density at radius 2 is 2.29 bits per heavy atom. The first kappa shape index (κ1) is 12.0. The molecular formula is C11H24N2O.